The van der Waals surface area contributed by atoms with Gasteiger partial charge in [-0.3, -0.25) is 4.79 Å². The van der Waals surface area contributed by atoms with Gasteiger partial charge in [-0.2, -0.15) is 23.3 Å². The number of hydrazone groups is 1. The first-order valence-corrected chi connectivity index (χ1v) is 10.1. The van der Waals surface area contributed by atoms with Gasteiger partial charge in [-0.25, -0.2) is 0 Å². The Morgan fingerprint density at radius 2 is 2.00 bits per heavy atom. The van der Waals surface area contributed by atoms with Gasteiger partial charge >= 0.3 is 6.18 Å². The lowest BCUT2D eigenvalue weighted by molar-refractivity contribution is -0.303. The van der Waals surface area contributed by atoms with E-state index in [1.54, 1.807) is 12.1 Å². The Morgan fingerprint density at radius 3 is 2.60 bits per heavy atom. The SMILES string of the molecule is C[C@@H](Oc1ccc(Cl)cc1Cl)C(=O)N1N=C(c2cccc(Br)c2)C[C@]1(O)C(F)(F)F. The van der Waals surface area contributed by atoms with E-state index in [0.29, 0.717) is 15.1 Å². The molecule has 0 fully saturated rings. The van der Waals surface area contributed by atoms with Gasteiger partial charge in [0, 0.05) is 9.50 Å². The van der Waals surface area contributed by atoms with Crippen molar-refractivity contribution in [2.75, 3.05) is 0 Å². The standard InChI is InChI=1S/C19H14BrCl2F3N2O3/c1-10(30-16-6-5-13(21)8-14(16)22)17(28)27-18(29,19(23,24)25)9-15(26-27)11-3-2-4-12(20)7-11/h2-8,10,29H,9H2,1H3/t10-,18+/m1/s1. The molecule has 0 radical (unpaired) electrons. The van der Waals surface area contributed by atoms with Crippen LogP contribution in [0.2, 0.25) is 10.0 Å². The van der Waals surface area contributed by atoms with Crippen LogP contribution in [-0.4, -0.2) is 39.7 Å². The monoisotopic (exact) mass is 524 g/mol. The second-order valence-electron chi connectivity index (χ2n) is 6.53. The van der Waals surface area contributed by atoms with Gasteiger partial charge in [-0.05, 0) is 42.8 Å². The molecule has 0 aliphatic carbocycles. The van der Waals surface area contributed by atoms with Crippen LogP contribution >= 0.6 is 39.1 Å². The van der Waals surface area contributed by atoms with Gasteiger partial charge in [0.05, 0.1) is 17.2 Å². The van der Waals surface area contributed by atoms with Gasteiger partial charge in [0.25, 0.3) is 11.6 Å². The lowest BCUT2D eigenvalue weighted by Crippen LogP contribution is -2.58. The maximum Gasteiger partial charge on any atom is 0.438 e. The van der Waals surface area contributed by atoms with Crippen molar-refractivity contribution in [1.82, 2.24) is 5.01 Å². The molecule has 5 nitrogen and oxygen atoms in total. The van der Waals surface area contributed by atoms with Crippen LogP contribution in [0.25, 0.3) is 0 Å². The number of nitrogens with zero attached hydrogens (tertiary/aromatic N) is 2. The fourth-order valence-electron chi connectivity index (χ4n) is 2.81. The van der Waals surface area contributed by atoms with Gasteiger partial charge in [-0.15, -0.1) is 0 Å². The van der Waals surface area contributed by atoms with Crippen LogP contribution in [-0.2, 0) is 4.79 Å². The molecule has 1 aliphatic rings. The normalized spacial score (nSPS) is 20.1. The van der Waals surface area contributed by atoms with Crippen molar-refractivity contribution in [1.29, 1.82) is 0 Å². The van der Waals surface area contributed by atoms with E-state index in [2.05, 4.69) is 21.0 Å². The maximum atomic E-state index is 13.7. The molecule has 1 aliphatic heterocycles. The molecule has 11 heteroatoms. The van der Waals surface area contributed by atoms with Crippen molar-refractivity contribution < 1.29 is 27.8 Å². The minimum absolute atomic E-state index is 0.0255. The van der Waals surface area contributed by atoms with Crippen LogP contribution in [0.1, 0.15) is 18.9 Å². The highest BCUT2D eigenvalue weighted by atomic mass is 79.9. The van der Waals surface area contributed by atoms with E-state index in [1.165, 1.54) is 37.3 Å². The first kappa shape index (κ1) is 22.9. The summed E-state index contributed by atoms with van der Waals surface area (Å²) in [6, 6.07) is 10.5. The van der Waals surface area contributed by atoms with Crippen molar-refractivity contribution in [3.8, 4) is 5.75 Å². The summed E-state index contributed by atoms with van der Waals surface area (Å²) in [5.74, 6) is -1.14. The highest BCUT2D eigenvalue weighted by Gasteiger charge is 2.63. The predicted molar refractivity (Wildman–Crippen MR) is 110 cm³/mol. The van der Waals surface area contributed by atoms with Crippen LogP contribution < -0.4 is 4.74 Å². The van der Waals surface area contributed by atoms with E-state index < -0.39 is 30.3 Å². The summed E-state index contributed by atoms with van der Waals surface area (Å²) >= 11 is 15.0. The van der Waals surface area contributed by atoms with Gasteiger partial charge in [0.1, 0.15) is 5.75 Å². The Kier molecular flexibility index (Phi) is 6.38. The van der Waals surface area contributed by atoms with Gasteiger partial charge in [0.15, 0.2) is 6.10 Å². The molecule has 1 amide bonds. The zero-order valence-corrected chi connectivity index (χ0v) is 18.3. The first-order chi connectivity index (χ1) is 13.9. The number of amides is 1. The Bertz CT molecular complexity index is 1020. The topological polar surface area (TPSA) is 62.1 Å². The summed E-state index contributed by atoms with van der Waals surface area (Å²) < 4.78 is 47.2. The Balaban J connectivity index is 1.93. The number of benzene rings is 2. The Hall–Kier alpha value is -1.81. The molecule has 0 bridgehead atoms. The molecule has 1 heterocycles. The number of ether oxygens (including phenoxy) is 1. The molecule has 0 saturated carbocycles. The summed E-state index contributed by atoms with van der Waals surface area (Å²) in [4.78, 5) is 12.8. The van der Waals surface area contributed by atoms with E-state index in [9.17, 15) is 23.1 Å². The number of halogens is 6. The first-order valence-electron chi connectivity index (χ1n) is 8.50. The lowest BCUT2D eigenvalue weighted by atomic mass is 10.0. The molecular weight excluding hydrogens is 512 g/mol. The molecule has 0 saturated heterocycles. The summed E-state index contributed by atoms with van der Waals surface area (Å²) in [6.07, 6.45) is -7.51. The largest absolute Gasteiger partial charge is 0.479 e. The third kappa shape index (κ3) is 4.44. The number of hydrogen-bond donors (Lipinski definition) is 1. The highest BCUT2D eigenvalue weighted by molar-refractivity contribution is 9.10. The fraction of sp³-hybridized carbons (Fsp3) is 0.263. The quantitative estimate of drug-likeness (QED) is 0.580. The Morgan fingerprint density at radius 1 is 1.30 bits per heavy atom. The van der Waals surface area contributed by atoms with Crippen LogP contribution in [0.4, 0.5) is 13.2 Å². The maximum absolute atomic E-state index is 13.7. The average Bonchev–Trinajstić information content (AvgIpc) is 3.02. The number of carbonyl (C=O) groups is 1. The van der Waals surface area contributed by atoms with Crippen LogP contribution in [0.5, 0.6) is 5.75 Å². The molecule has 2 atom stereocenters. The zero-order valence-electron chi connectivity index (χ0n) is 15.3. The van der Waals surface area contributed by atoms with Gasteiger partial charge in [0.2, 0.25) is 0 Å². The number of alkyl halides is 3. The van der Waals surface area contributed by atoms with Crippen molar-refractivity contribution in [3.05, 3.63) is 62.5 Å². The highest BCUT2D eigenvalue weighted by Crippen LogP contribution is 2.42. The summed E-state index contributed by atoms with van der Waals surface area (Å²) in [5.41, 5.74) is -3.28. The zero-order chi connectivity index (χ0) is 22.3. The Labute approximate surface area is 188 Å². The fourth-order valence-corrected chi connectivity index (χ4v) is 3.66. The van der Waals surface area contributed by atoms with E-state index in [1.807, 2.05) is 0 Å². The third-order valence-corrected chi connectivity index (χ3v) is 5.37. The summed E-state index contributed by atoms with van der Waals surface area (Å²) in [7, 11) is 0. The molecule has 2 aromatic carbocycles. The number of carbonyl (C=O) groups excluding carboxylic acids is 1. The van der Waals surface area contributed by atoms with Crippen molar-refractivity contribution in [3.63, 3.8) is 0 Å². The molecule has 30 heavy (non-hydrogen) atoms. The van der Waals surface area contributed by atoms with Crippen molar-refractivity contribution in [2.45, 2.75) is 31.3 Å². The predicted octanol–water partition coefficient (Wildman–Crippen LogP) is 5.41. The van der Waals surface area contributed by atoms with Gasteiger partial charge < -0.3 is 9.84 Å². The molecule has 1 N–H and O–H groups in total. The van der Waals surface area contributed by atoms with Crippen molar-refractivity contribution >= 4 is 50.8 Å². The molecule has 3 rings (SSSR count). The van der Waals surface area contributed by atoms with Crippen LogP contribution in [0, 0.1) is 0 Å². The smallest absolute Gasteiger partial charge is 0.438 e. The minimum atomic E-state index is -5.16. The number of rotatable bonds is 4. The molecular formula is C19H14BrCl2F3N2O3. The average molecular weight is 526 g/mol. The summed E-state index contributed by atoms with van der Waals surface area (Å²) in [6.45, 7) is 1.23. The number of hydrogen-bond acceptors (Lipinski definition) is 4. The second-order valence-corrected chi connectivity index (χ2v) is 8.29. The summed E-state index contributed by atoms with van der Waals surface area (Å²) in [5, 5.41) is 14.6. The molecule has 160 valence electrons. The van der Waals surface area contributed by atoms with Crippen LogP contribution in [0.15, 0.2) is 52.0 Å². The van der Waals surface area contributed by atoms with Gasteiger partial charge in [-0.1, -0.05) is 51.3 Å². The van der Waals surface area contributed by atoms with E-state index in [0.717, 1.165) is 0 Å². The van der Waals surface area contributed by atoms with E-state index >= 15 is 0 Å². The molecule has 0 aromatic heterocycles. The van der Waals surface area contributed by atoms with E-state index in [4.69, 9.17) is 27.9 Å². The van der Waals surface area contributed by atoms with E-state index in [-0.39, 0.29) is 21.5 Å². The third-order valence-electron chi connectivity index (χ3n) is 4.35. The molecule has 0 unspecified atom stereocenters. The molecule has 0 spiro atoms. The lowest BCUT2D eigenvalue weighted by Gasteiger charge is -2.33. The van der Waals surface area contributed by atoms with Crippen LogP contribution in [0.3, 0.4) is 0 Å². The second kappa shape index (κ2) is 8.37. The number of aliphatic hydroxyl groups is 1. The van der Waals surface area contributed by atoms with Crippen molar-refractivity contribution in [2.24, 2.45) is 5.10 Å². The molecule has 2 aromatic rings. The minimum Gasteiger partial charge on any atom is -0.479 e.